The van der Waals surface area contributed by atoms with E-state index in [1.165, 1.54) is 24.3 Å². The van der Waals surface area contributed by atoms with Crippen LogP contribution in [0.2, 0.25) is 0 Å². The van der Waals surface area contributed by atoms with Gasteiger partial charge in [0.15, 0.2) is 5.82 Å². The molecular weight excluding hydrogens is 356 g/mol. The maximum atomic E-state index is 12.5. The van der Waals surface area contributed by atoms with E-state index in [0.717, 1.165) is 0 Å². The zero-order valence-electron chi connectivity index (χ0n) is 13.8. The first kappa shape index (κ1) is 17.7. The minimum Gasteiger partial charge on any atom is -0.322 e. The van der Waals surface area contributed by atoms with Gasteiger partial charge >= 0.3 is 0 Å². The highest BCUT2D eigenvalue weighted by Crippen LogP contribution is 2.19. The van der Waals surface area contributed by atoms with Crippen LogP contribution in [0.4, 0.5) is 5.69 Å². The molecule has 3 N–H and O–H groups in total. The van der Waals surface area contributed by atoms with Gasteiger partial charge in [-0.05, 0) is 53.7 Å². The summed E-state index contributed by atoms with van der Waals surface area (Å²) >= 11 is 0. The molecule has 134 valence electrons. The molecule has 3 rings (SSSR count). The Balaban J connectivity index is 1.81. The first-order valence-electron chi connectivity index (χ1n) is 7.69. The Kier molecular flexibility index (Phi) is 4.78. The number of carbonyl (C=O) groups is 1. The molecule has 2 aromatic carbocycles. The lowest BCUT2D eigenvalue weighted by molar-refractivity contribution is 0.102. The van der Waals surface area contributed by atoms with Crippen LogP contribution in [0.5, 0.6) is 0 Å². The molecule has 0 aliphatic carbocycles. The lowest BCUT2D eigenvalue weighted by Crippen LogP contribution is -2.14. The summed E-state index contributed by atoms with van der Waals surface area (Å²) in [5, 5.41) is 19.3. The minimum absolute atomic E-state index is 0.0242. The smallest absolute Gasteiger partial charge is 0.255 e. The van der Waals surface area contributed by atoms with Crippen molar-refractivity contribution in [1.29, 1.82) is 0 Å². The maximum Gasteiger partial charge on any atom is 0.255 e. The van der Waals surface area contributed by atoms with Gasteiger partial charge in [-0.15, -0.1) is 5.10 Å². The summed E-state index contributed by atoms with van der Waals surface area (Å²) in [5.41, 5.74) is 1.59. The molecule has 0 fully saturated rings. The van der Waals surface area contributed by atoms with Gasteiger partial charge in [0.2, 0.25) is 10.0 Å². The topological polar surface area (TPSA) is 133 Å². The normalized spacial score (nSPS) is 11.3. The van der Waals surface area contributed by atoms with Crippen LogP contribution >= 0.6 is 0 Å². The third-order valence-electron chi connectivity index (χ3n) is 3.66. The van der Waals surface area contributed by atoms with Gasteiger partial charge in [0.05, 0.1) is 4.90 Å². The Bertz CT molecular complexity index is 1040. The number of tetrazole rings is 1. The standard InChI is InChI=1S/C16H16N6O3S/c1-2-22-15(19-20-21-22)11-4-3-5-12(10-11)16(23)18-13-6-8-14(9-7-13)26(17,24)25/h3-10H,2H2,1H3,(H,18,23)(H2,17,24,25). The monoisotopic (exact) mass is 372 g/mol. The van der Waals surface area contributed by atoms with Crippen molar-refractivity contribution in [3.05, 3.63) is 54.1 Å². The fraction of sp³-hybridized carbons (Fsp3) is 0.125. The number of carbonyl (C=O) groups excluding carboxylic acids is 1. The predicted molar refractivity (Wildman–Crippen MR) is 94.7 cm³/mol. The lowest BCUT2D eigenvalue weighted by Gasteiger charge is -2.08. The second-order valence-corrected chi connectivity index (χ2v) is 6.98. The second-order valence-electron chi connectivity index (χ2n) is 5.42. The number of nitrogens with zero attached hydrogens (tertiary/aromatic N) is 4. The molecule has 0 atom stereocenters. The highest BCUT2D eigenvalue weighted by molar-refractivity contribution is 7.89. The number of sulfonamides is 1. The van der Waals surface area contributed by atoms with E-state index < -0.39 is 10.0 Å². The van der Waals surface area contributed by atoms with Gasteiger partial charge < -0.3 is 5.32 Å². The van der Waals surface area contributed by atoms with E-state index >= 15 is 0 Å². The van der Waals surface area contributed by atoms with Crippen LogP contribution in [0.15, 0.2) is 53.4 Å². The van der Waals surface area contributed by atoms with Crippen LogP contribution in [-0.4, -0.2) is 34.5 Å². The van der Waals surface area contributed by atoms with Gasteiger partial charge in [0, 0.05) is 23.4 Å². The molecule has 0 aliphatic rings. The van der Waals surface area contributed by atoms with Crippen molar-refractivity contribution >= 4 is 21.6 Å². The lowest BCUT2D eigenvalue weighted by atomic mass is 10.1. The Labute approximate surface area is 149 Å². The van der Waals surface area contributed by atoms with E-state index in [1.54, 1.807) is 22.9 Å². The van der Waals surface area contributed by atoms with Crippen LogP contribution < -0.4 is 10.5 Å². The molecule has 0 saturated carbocycles. The molecule has 3 aromatic rings. The van der Waals surface area contributed by atoms with Crippen LogP contribution in [0, 0.1) is 0 Å². The number of aromatic nitrogens is 4. The molecule has 1 amide bonds. The summed E-state index contributed by atoms with van der Waals surface area (Å²) in [6, 6.07) is 12.5. The van der Waals surface area contributed by atoms with E-state index in [0.29, 0.717) is 29.2 Å². The molecule has 10 heteroatoms. The van der Waals surface area contributed by atoms with Crippen LogP contribution in [0.1, 0.15) is 17.3 Å². The van der Waals surface area contributed by atoms with Crippen molar-refractivity contribution < 1.29 is 13.2 Å². The summed E-state index contributed by atoms with van der Waals surface area (Å²) < 4.78 is 24.2. The number of anilines is 1. The van der Waals surface area contributed by atoms with Crippen molar-refractivity contribution in [2.45, 2.75) is 18.4 Å². The number of nitrogens with one attached hydrogen (secondary N) is 1. The third-order valence-corrected chi connectivity index (χ3v) is 4.58. The van der Waals surface area contributed by atoms with Gasteiger partial charge in [-0.3, -0.25) is 4.79 Å². The van der Waals surface area contributed by atoms with Crippen molar-refractivity contribution in [3.8, 4) is 11.4 Å². The van der Waals surface area contributed by atoms with E-state index in [9.17, 15) is 13.2 Å². The first-order valence-corrected chi connectivity index (χ1v) is 9.24. The number of primary sulfonamides is 1. The number of benzene rings is 2. The summed E-state index contributed by atoms with van der Waals surface area (Å²) in [5.74, 6) is 0.227. The van der Waals surface area contributed by atoms with Crippen molar-refractivity contribution in [1.82, 2.24) is 20.2 Å². The maximum absolute atomic E-state index is 12.5. The average Bonchev–Trinajstić information content (AvgIpc) is 3.10. The molecule has 1 aromatic heterocycles. The molecule has 1 heterocycles. The summed E-state index contributed by atoms with van der Waals surface area (Å²) in [4.78, 5) is 12.4. The van der Waals surface area contributed by atoms with E-state index in [1.807, 2.05) is 13.0 Å². The van der Waals surface area contributed by atoms with Gasteiger partial charge in [-0.1, -0.05) is 12.1 Å². The zero-order valence-corrected chi connectivity index (χ0v) is 14.6. The Morgan fingerprint density at radius 3 is 2.58 bits per heavy atom. The van der Waals surface area contributed by atoms with Crippen molar-refractivity contribution in [2.75, 3.05) is 5.32 Å². The fourth-order valence-corrected chi connectivity index (χ4v) is 2.87. The van der Waals surface area contributed by atoms with Crippen molar-refractivity contribution in [2.24, 2.45) is 5.14 Å². The minimum atomic E-state index is -3.77. The number of rotatable bonds is 5. The molecule has 0 aliphatic heterocycles. The second kappa shape index (κ2) is 7.02. The molecule has 9 nitrogen and oxygen atoms in total. The van der Waals surface area contributed by atoms with Gasteiger partial charge in [-0.2, -0.15) is 0 Å². The summed E-state index contributed by atoms with van der Waals surface area (Å²) in [6.45, 7) is 2.52. The summed E-state index contributed by atoms with van der Waals surface area (Å²) in [6.07, 6.45) is 0. The molecule has 0 unspecified atom stereocenters. The number of hydrogen-bond acceptors (Lipinski definition) is 6. The van der Waals surface area contributed by atoms with E-state index in [2.05, 4.69) is 20.8 Å². The van der Waals surface area contributed by atoms with Gasteiger partial charge in [0.25, 0.3) is 5.91 Å². The number of aryl methyl sites for hydroxylation is 1. The Morgan fingerprint density at radius 1 is 1.19 bits per heavy atom. The fourth-order valence-electron chi connectivity index (χ4n) is 2.36. The molecule has 0 bridgehead atoms. The quantitative estimate of drug-likeness (QED) is 0.693. The third kappa shape index (κ3) is 3.76. The molecule has 0 radical (unpaired) electrons. The van der Waals surface area contributed by atoms with E-state index in [-0.39, 0.29) is 10.8 Å². The van der Waals surface area contributed by atoms with Crippen LogP contribution in [-0.2, 0) is 16.6 Å². The molecule has 26 heavy (non-hydrogen) atoms. The number of amides is 1. The zero-order chi connectivity index (χ0) is 18.7. The SMILES string of the molecule is CCn1nnnc1-c1cccc(C(=O)Nc2ccc(S(N)(=O)=O)cc2)c1. The number of hydrogen-bond donors (Lipinski definition) is 2. The van der Waals surface area contributed by atoms with Gasteiger partial charge in [0.1, 0.15) is 0 Å². The van der Waals surface area contributed by atoms with Gasteiger partial charge in [-0.25, -0.2) is 18.2 Å². The average molecular weight is 372 g/mol. The molecular formula is C16H16N6O3S. The number of nitrogens with two attached hydrogens (primary N) is 1. The largest absolute Gasteiger partial charge is 0.322 e. The predicted octanol–water partition coefficient (Wildman–Crippen LogP) is 1.26. The summed E-state index contributed by atoms with van der Waals surface area (Å²) in [7, 11) is -3.77. The van der Waals surface area contributed by atoms with Crippen LogP contribution in [0.25, 0.3) is 11.4 Å². The van der Waals surface area contributed by atoms with E-state index in [4.69, 9.17) is 5.14 Å². The molecule has 0 saturated heterocycles. The Morgan fingerprint density at radius 2 is 1.92 bits per heavy atom. The highest BCUT2D eigenvalue weighted by Gasteiger charge is 2.12. The Hall–Kier alpha value is -3.11. The van der Waals surface area contributed by atoms with Crippen LogP contribution in [0.3, 0.4) is 0 Å². The highest BCUT2D eigenvalue weighted by atomic mass is 32.2. The van der Waals surface area contributed by atoms with Crippen molar-refractivity contribution in [3.63, 3.8) is 0 Å². The first-order chi connectivity index (χ1) is 12.4. The molecule has 0 spiro atoms.